The lowest BCUT2D eigenvalue weighted by Crippen LogP contribution is -2.60. The number of pyridine rings is 1. The zero-order valence-corrected chi connectivity index (χ0v) is 16.2. The molecule has 0 aromatic carbocycles. The number of nitrogens with zero attached hydrogens (tertiary/aromatic N) is 4. The third-order valence-electron chi connectivity index (χ3n) is 6.10. The maximum absolute atomic E-state index is 13.8. The molecule has 158 valence electrons. The molecule has 30 heavy (non-hydrogen) atoms. The van der Waals surface area contributed by atoms with Gasteiger partial charge in [0.1, 0.15) is 23.8 Å². The van der Waals surface area contributed by atoms with Crippen LogP contribution in [0.2, 0.25) is 5.02 Å². The lowest BCUT2D eigenvalue weighted by molar-refractivity contribution is -0.138. The van der Waals surface area contributed by atoms with Crippen LogP contribution in [0, 0.1) is 41.4 Å². The van der Waals surface area contributed by atoms with Crippen LogP contribution >= 0.6 is 11.6 Å². The van der Waals surface area contributed by atoms with Gasteiger partial charge in [0.15, 0.2) is 11.6 Å². The van der Waals surface area contributed by atoms with E-state index in [9.17, 15) is 28.3 Å². The van der Waals surface area contributed by atoms with Gasteiger partial charge in [-0.25, -0.2) is 4.98 Å². The Bertz CT molecular complexity index is 991. The number of carboxylic acids is 1. The molecule has 1 unspecified atom stereocenters. The molecule has 0 spiro atoms. The lowest BCUT2D eigenvalue weighted by Gasteiger charge is -2.44. The molecule has 3 fully saturated rings. The average Bonchev–Trinajstić information content (AvgIpc) is 3.08. The Labute approximate surface area is 174 Å². The number of terminal acetylenes is 1. The SMILES string of the molecule is C#C[C@H]1[C@H](O)CN1c1nc(N2C[C@@H]3C(CC(=O)O)[C@@H]3C2)c(Cl)c(C(F)(F)F)c1C#N. The van der Waals surface area contributed by atoms with Crippen LogP contribution in [0.1, 0.15) is 17.5 Å². The van der Waals surface area contributed by atoms with E-state index in [1.54, 1.807) is 11.0 Å². The Balaban J connectivity index is 1.74. The first-order valence-electron chi connectivity index (χ1n) is 9.16. The Morgan fingerprint density at radius 2 is 1.93 bits per heavy atom. The highest BCUT2D eigenvalue weighted by Crippen LogP contribution is 2.55. The molecule has 4 rings (SSSR count). The molecule has 3 heterocycles. The van der Waals surface area contributed by atoms with E-state index in [1.165, 1.54) is 4.90 Å². The van der Waals surface area contributed by atoms with Gasteiger partial charge in [-0.3, -0.25) is 4.79 Å². The van der Waals surface area contributed by atoms with Crippen molar-refractivity contribution < 1.29 is 28.2 Å². The number of hydrogen-bond acceptors (Lipinski definition) is 6. The maximum atomic E-state index is 13.8. The topological polar surface area (TPSA) is 101 Å². The molecule has 2 saturated heterocycles. The molecule has 1 saturated carbocycles. The molecule has 0 amide bonds. The summed E-state index contributed by atoms with van der Waals surface area (Å²) in [4.78, 5) is 18.1. The molecule has 2 N–H and O–H groups in total. The summed E-state index contributed by atoms with van der Waals surface area (Å²) >= 11 is 6.10. The van der Waals surface area contributed by atoms with Gasteiger partial charge < -0.3 is 20.0 Å². The van der Waals surface area contributed by atoms with Crippen LogP contribution in [0.25, 0.3) is 0 Å². The minimum atomic E-state index is -4.90. The number of aromatic nitrogens is 1. The largest absolute Gasteiger partial charge is 0.481 e. The number of aliphatic hydroxyl groups is 1. The number of nitriles is 1. The van der Waals surface area contributed by atoms with Crippen LogP contribution in [-0.2, 0) is 11.0 Å². The average molecular weight is 441 g/mol. The van der Waals surface area contributed by atoms with Crippen LogP contribution in [0.4, 0.5) is 24.8 Å². The number of fused-ring (bicyclic) bond motifs is 1. The summed E-state index contributed by atoms with van der Waals surface area (Å²) < 4.78 is 41.5. The van der Waals surface area contributed by atoms with E-state index in [1.807, 2.05) is 0 Å². The van der Waals surface area contributed by atoms with Gasteiger partial charge in [-0.05, 0) is 17.8 Å². The number of rotatable bonds is 4. The van der Waals surface area contributed by atoms with Crippen molar-refractivity contribution in [3.05, 3.63) is 16.1 Å². The Kier molecular flexibility index (Phi) is 4.75. The first-order chi connectivity index (χ1) is 14.1. The molecule has 1 aliphatic carbocycles. The molecule has 3 aliphatic rings. The van der Waals surface area contributed by atoms with Gasteiger partial charge in [-0.15, -0.1) is 6.42 Å². The van der Waals surface area contributed by atoms with E-state index >= 15 is 0 Å². The van der Waals surface area contributed by atoms with Gasteiger partial charge in [0.25, 0.3) is 0 Å². The minimum Gasteiger partial charge on any atom is -0.481 e. The smallest absolute Gasteiger partial charge is 0.419 e. The monoisotopic (exact) mass is 440 g/mol. The Hall–Kier alpha value is -2.69. The summed E-state index contributed by atoms with van der Waals surface area (Å²) in [6.07, 6.45) is -0.454. The van der Waals surface area contributed by atoms with Gasteiger partial charge in [0.2, 0.25) is 0 Å². The first-order valence-corrected chi connectivity index (χ1v) is 9.54. The molecule has 2 aliphatic heterocycles. The second-order valence-electron chi connectivity index (χ2n) is 7.76. The van der Waals surface area contributed by atoms with Crippen LogP contribution in [0.5, 0.6) is 0 Å². The number of carbonyl (C=O) groups is 1. The Morgan fingerprint density at radius 1 is 1.30 bits per heavy atom. The number of piperidine rings is 1. The Morgan fingerprint density at radius 3 is 2.40 bits per heavy atom. The fraction of sp³-hybridized carbons (Fsp3) is 0.526. The molecule has 11 heteroatoms. The van der Waals surface area contributed by atoms with Crippen molar-refractivity contribution in [3.8, 4) is 18.4 Å². The van der Waals surface area contributed by atoms with Crippen molar-refractivity contribution in [1.29, 1.82) is 5.26 Å². The molecular weight excluding hydrogens is 425 g/mol. The van der Waals surface area contributed by atoms with E-state index in [2.05, 4.69) is 10.9 Å². The summed E-state index contributed by atoms with van der Waals surface area (Å²) in [5.74, 6) is 1.11. The van der Waals surface area contributed by atoms with Crippen molar-refractivity contribution >= 4 is 29.2 Å². The second kappa shape index (κ2) is 6.93. The normalized spacial score (nSPS) is 29.6. The van der Waals surface area contributed by atoms with E-state index in [4.69, 9.17) is 23.1 Å². The predicted molar refractivity (Wildman–Crippen MR) is 99.9 cm³/mol. The van der Waals surface area contributed by atoms with Crippen molar-refractivity contribution in [1.82, 2.24) is 4.98 Å². The first kappa shape index (κ1) is 20.6. The van der Waals surface area contributed by atoms with Crippen LogP contribution in [0.15, 0.2) is 0 Å². The highest BCUT2D eigenvalue weighted by atomic mass is 35.5. The van der Waals surface area contributed by atoms with Gasteiger partial charge in [0, 0.05) is 26.1 Å². The minimum absolute atomic E-state index is 0.00573. The summed E-state index contributed by atoms with van der Waals surface area (Å²) in [6, 6.07) is 0.645. The quantitative estimate of drug-likeness (QED) is 0.690. The number of carboxylic acid groups (broad SMARTS) is 1. The standard InChI is InChI=1S/C19H16ClF3N4O3/c1-2-12-13(28)7-27(12)17-9(4-24)15(19(21,22)23)16(20)18(25-17)26-5-10-8(3-14(29)30)11(10)6-26/h1,8,10-13,28H,3,5-7H2,(H,29,30)/t8?,10-,11+,12-,13+/m0/s1. The van der Waals surface area contributed by atoms with Crippen LogP contribution < -0.4 is 9.80 Å². The van der Waals surface area contributed by atoms with Crippen LogP contribution in [-0.4, -0.2) is 52.9 Å². The number of anilines is 2. The van der Waals surface area contributed by atoms with Gasteiger partial charge >= 0.3 is 12.1 Å². The van der Waals surface area contributed by atoms with Gasteiger partial charge in [-0.2, -0.15) is 18.4 Å². The van der Waals surface area contributed by atoms with Crippen molar-refractivity contribution in [2.75, 3.05) is 29.4 Å². The summed E-state index contributed by atoms with van der Waals surface area (Å²) in [6.45, 7) is 0.610. The summed E-state index contributed by atoms with van der Waals surface area (Å²) in [5, 5.41) is 27.5. The van der Waals surface area contributed by atoms with Crippen molar-refractivity contribution in [3.63, 3.8) is 0 Å². The zero-order valence-electron chi connectivity index (χ0n) is 15.4. The maximum Gasteiger partial charge on any atom is 0.419 e. The molecule has 0 radical (unpaired) electrons. The molecule has 1 aromatic heterocycles. The van der Waals surface area contributed by atoms with Crippen molar-refractivity contribution in [2.24, 2.45) is 17.8 Å². The highest BCUT2D eigenvalue weighted by Gasteiger charge is 2.57. The number of aliphatic carboxylic acids is 1. The van der Waals surface area contributed by atoms with E-state index in [0.717, 1.165) is 0 Å². The number of β-amino-alcohol motifs (C(OH)–C–C–N with tert-alkyl or cyclic N) is 1. The van der Waals surface area contributed by atoms with Crippen LogP contribution in [0.3, 0.4) is 0 Å². The third kappa shape index (κ3) is 3.11. The number of alkyl halides is 3. The summed E-state index contributed by atoms with van der Waals surface area (Å²) in [7, 11) is 0. The summed E-state index contributed by atoms with van der Waals surface area (Å²) in [5.41, 5.74) is -2.03. The lowest BCUT2D eigenvalue weighted by atomic mass is 9.98. The highest BCUT2D eigenvalue weighted by molar-refractivity contribution is 6.34. The third-order valence-corrected chi connectivity index (χ3v) is 6.46. The number of halogens is 4. The van der Waals surface area contributed by atoms with E-state index in [0.29, 0.717) is 13.1 Å². The van der Waals surface area contributed by atoms with Gasteiger partial charge in [0.05, 0.1) is 10.6 Å². The number of hydrogen-bond donors (Lipinski definition) is 2. The van der Waals surface area contributed by atoms with Gasteiger partial charge in [-0.1, -0.05) is 17.5 Å². The fourth-order valence-electron chi connectivity index (χ4n) is 4.56. The molecule has 1 aromatic rings. The van der Waals surface area contributed by atoms with E-state index in [-0.39, 0.29) is 42.4 Å². The molecule has 5 atom stereocenters. The van der Waals surface area contributed by atoms with Crippen molar-refractivity contribution in [2.45, 2.75) is 24.7 Å². The molecule has 7 nitrogen and oxygen atoms in total. The second-order valence-corrected chi connectivity index (χ2v) is 8.14. The molecular formula is C19H16ClF3N4O3. The fourth-order valence-corrected chi connectivity index (χ4v) is 4.92. The van der Waals surface area contributed by atoms with E-state index < -0.39 is 40.4 Å². The zero-order chi connectivity index (χ0) is 22.0. The predicted octanol–water partition coefficient (Wildman–Crippen LogP) is 1.97. The molecule has 0 bridgehead atoms. The number of aliphatic hydroxyl groups excluding tert-OH is 1.